The highest BCUT2D eigenvalue weighted by Gasteiger charge is 2.34. The molecule has 1 saturated carbocycles. The number of nitrogens with two attached hydrogens (primary N) is 1. The summed E-state index contributed by atoms with van der Waals surface area (Å²) in [6, 6.07) is 5.06. The highest BCUT2D eigenvalue weighted by Crippen LogP contribution is 2.32. The van der Waals surface area contributed by atoms with Crippen molar-refractivity contribution < 1.29 is 18.0 Å². The molecule has 1 aliphatic carbocycles. The van der Waals surface area contributed by atoms with E-state index in [1.807, 2.05) is 0 Å². The van der Waals surface area contributed by atoms with Gasteiger partial charge in [-0.1, -0.05) is 24.6 Å². The van der Waals surface area contributed by atoms with E-state index in [1.54, 1.807) is 0 Å². The Balaban J connectivity index is 2.03. The SMILES string of the molecule is NC1CCCC1C(=O)NCc1ccccc1C(F)(F)F. The molecule has 0 heterocycles. The van der Waals surface area contributed by atoms with Crippen molar-refractivity contribution in [2.24, 2.45) is 11.7 Å². The van der Waals surface area contributed by atoms with Crippen LogP contribution in [0.15, 0.2) is 24.3 Å². The van der Waals surface area contributed by atoms with Gasteiger partial charge in [0, 0.05) is 12.6 Å². The van der Waals surface area contributed by atoms with E-state index in [1.165, 1.54) is 18.2 Å². The predicted molar refractivity (Wildman–Crippen MR) is 68.6 cm³/mol. The van der Waals surface area contributed by atoms with Crippen molar-refractivity contribution in [3.63, 3.8) is 0 Å². The summed E-state index contributed by atoms with van der Waals surface area (Å²) in [6.07, 6.45) is -2.03. The van der Waals surface area contributed by atoms with Gasteiger partial charge in [0.2, 0.25) is 5.91 Å². The normalized spacial score (nSPS) is 22.8. The molecule has 110 valence electrons. The van der Waals surface area contributed by atoms with Gasteiger partial charge < -0.3 is 11.1 Å². The molecule has 20 heavy (non-hydrogen) atoms. The average molecular weight is 286 g/mol. The fourth-order valence-electron chi connectivity index (χ4n) is 2.58. The van der Waals surface area contributed by atoms with Crippen LogP contribution in [0, 0.1) is 5.92 Å². The van der Waals surface area contributed by atoms with Crippen molar-refractivity contribution in [3.8, 4) is 0 Å². The third-order valence-electron chi connectivity index (χ3n) is 3.68. The summed E-state index contributed by atoms with van der Waals surface area (Å²) < 4.78 is 38.4. The maximum atomic E-state index is 12.8. The van der Waals surface area contributed by atoms with E-state index in [0.29, 0.717) is 6.42 Å². The predicted octanol–water partition coefficient (Wildman–Crippen LogP) is 2.45. The highest BCUT2D eigenvalue weighted by molar-refractivity contribution is 5.79. The van der Waals surface area contributed by atoms with Gasteiger partial charge in [-0.3, -0.25) is 4.79 Å². The fourth-order valence-corrected chi connectivity index (χ4v) is 2.58. The molecule has 1 aromatic rings. The Hall–Kier alpha value is -1.56. The lowest BCUT2D eigenvalue weighted by Gasteiger charge is -2.17. The van der Waals surface area contributed by atoms with Gasteiger partial charge in [0.15, 0.2) is 0 Å². The van der Waals surface area contributed by atoms with Crippen LogP contribution in [0.3, 0.4) is 0 Å². The van der Waals surface area contributed by atoms with Gasteiger partial charge in [-0.05, 0) is 24.5 Å². The lowest BCUT2D eigenvalue weighted by atomic mass is 10.0. The summed E-state index contributed by atoms with van der Waals surface area (Å²) in [5.74, 6) is -0.542. The van der Waals surface area contributed by atoms with Gasteiger partial charge in [0.1, 0.15) is 0 Å². The molecule has 0 aromatic heterocycles. The Morgan fingerprint density at radius 3 is 2.60 bits per heavy atom. The second-order valence-electron chi connectivity index (χ2n) is 5.07. The second-order valence-corrected chi connectivity index (χ2v) is 5.07. The molecule has 3 N–H and O–H groups in total. The molecule has 3 nitrogen and oxygen atoms in total. The van der Waals surface area contributed by atoms with Crippen molar-refractivity contribution in [2.75, 3.05) is 0 Å². The number of alkyl halides is 3. The number of nitrogens with one attached hydrogen (secondary N) is 1. The molecule has 0 spiro atoms. The maximum Gasteiger partial charge on any atom is 0.416 e. The first-order chi connectivity index (χ1) is 9.39. The minimum absolute atomic E-state index is 0.0694. The third kappa shape index (κ3) is 3.30. The smallest absolute Gasteiger partial charge is 0.352 e. The van der Waals surface area contributed by atoms with Crippen LogP contribution in [0.4, 0.5) is 13.2 Å². The van der Waals surface area contributed by atoms with Crippen LogP contribution < -0.4 is 11.1 Å². The number of amides is 1. The third-order valence-corrected chi connectivity index (χ3v) is 3.68. The first kappa shape index (κ1) is 14.8. The minimum atomic E-state index is -4.41. The summed E-state index contributed by atoms with van der Waals surface area (Å²) in [5, 5.41) is 2.56. The van der Waals surface area contributed by atoms with E-state index in [9.17, 15) is 18.0 Å². The summed E-state index contributed by atoms with van der Waals surface area (Å²) in [5.41, 5.74) is 5.16. The molecule has 1 amide bonds. The number of rotatable bonds is 3. The number of carbonyl (C=O) groups excluding carboxylic acids is 1. The van der Waals surface area contributed by atoms with Crippen LogP contribution in [-0.2, 0) is 17.5 Å². The van der Waals surface area contributed by atoms with E-state index >= 15 is 0 Å². The van der Waals surface area contributed by atoms with Gasteiger partial charge in [-0.2, -0.15) is 13.2 Å². The van der Waals surface area contributed by atoms with Gasteiger partial charge in [0.25, 0.3) is 0 Å². The molecule has 2 unspecified atom stereocenters. The van der Waals surface area contributed by atoms with Gasteiger partial charge >= 0.3 is 6.18 Å². The van der Waals surface area contributed by atoms with Crippen LogP contribution in [0.2, 0.25) is 0 Å². The molecule has 1 aliphatic rings. The molecule has 1 aromatic carbocycles. The van der Waals surface area contributed by atoms with Crippen LogP contribution in [0.1, 0.15) is 30.4 Å². The summed E-state index contributed by atoms with van der Waals surface area (Å²) >= 11 is 0. The van der Waals surface area contributed by atoms with Crippen LogP contribution in [0.25, 0.3) is 0 Å². The highest BCUT2D eigenvalue weighted by atomic mass is 19.4. The molecule has 0 bridgehead atoms. The van der Waals surface area contributed by atoms with Crippen LogP contribution in [0.5, 0.6) is 0 Å². The lowest BCUT2D eigenvalue weighted by Crippen LogP contribution is -2.38. The Kier molecular flexibility index (Phi) is 4.32. The number of hydrogen-bond acceptors (Lipinski definition) is 2. The Morgan fingerprint density at radius 2 is 2.00 bits per heavy atom. The van der Waals surface area contributed by atoms with E-state index in [4.69, 9.17) is 5.73 Å². The molecule has 0 radical (unpaired) electrons. The largest absolute Gasteiger partial charge is 0.416 e. The van der Waals surface area contributed by atoms with E-state index in [2.05, 4.69) is 5.32 Å². The molecule has 6 heteroatoms. The van der Waals surface area contributed by atoms with E-state index < -0.39 is 11.7 Å². The van der Waals surface area contributed by atoms with Crippen molar-refractivity contribution in [1.82, 2.24) is 5.32 Å². The Labute approximate surface area is 115 Å². The molecular formula is C14H17F3N2O. The van der Waals surface area contributed by atoms with E-state index in [0.717, 1.165) is 18.9 Å². The zero-order valence-electron chi connectivity index (χ0n) is 10.9. The van der Waals surface area contributed by atoms with Crippen LogP contribution in [-0.4, -0.2) is 11.9 Å². The molecule has 0 aliphatic heterocycles. The van der Waals surface area contributed by atoms with Crippen molar-refractivity contribution >= 4 is 5.91 Å². The Bertz CT molecular complexity index is 488. The zero-order valence-corrected chi connectivity index (χ0v) is 10.9. The van der Waals surface area contributed by atoms with E-state index in [-0.39, 0.29) is 30.0 Å². The zero-order chi connectivity index (χ0) is 14.8. The van der Waals surface area contributed by atoms with Crippen LogP contribution >= 0.6 is 0 Å². The summed E-state index contributed by atoms with van der Waals surface area (Å²) in [7, 11) is 0. The van der Waals surface area contributed by atoms with Crippen molar-refractivity contribution in [3.05, 3.63) is 35.4 Å². The standard InChI is InChI=1S/C14H17F3N2O/c15-14(16,17)11-6-2-1-4-9(11)8-19-13(20)10-5-3-7-12(10)18/h1-2,4,6,10,12H,3,5,7-8,18H2,(H,19,20). The number of halogens is 3. The Morgan fingerprint density at radius 1 is 1.30 bits per heavy atom. The molecule has 0 saturated heterocycles. The molecule has 2 rings (SSSR count). The number of carbonyl (C=O) groups is 1. The molecular weight excluding hydrogens is 269 g/mol. The van der Waals surface area contributed by atoms with Gasteiger partial charge in [0.05, 0.1) is 11.5 Å². The summed E-state index contributed by atoms with van der Waals surface area (Å²) in [6.45, 7) is -0.127. The minimum Gasteiger partial charge on any atom is -0.352 e. The topological polar surface area (TPSA) is 55.1 Å². The quantitative estimate of drug-likeness (QED) is 0.896. The van der Waals surface area contributed by atoms with Gasteiger partial charge in [-0.15, -0.1) is 0 Å². The molecule has 2 atom stereocenters. The maximum absolute atomic E-state index is 12.8. The van der Waals surface area contributed by atoms with Gasteiger partial charge in [-0.25, -0.2) is 0 Å². The first-order valence-corrected chi connectivity index (χ1v) is 6.58. The summed E-state index contributed by atoms with van der Waals surface area (Å²) in [4.78, 5) is 11.9. The first-order valence-electron chi connectivity index (χ1n) is 6.58. The molecule has 1 fully saturated rings. The van der Waals surface area contributed by atoms with Crippen molar-refractivity contribution in [1.29, 1.82) is 0 Å². The van der Waals surface area contributed by atoms with Crippen molar-refractivity contribution in [2.45, 2.75) is 38.0 Å². The number of benzene rings is 1. The average Bonchev–Trinajstić information content (AvgIpc) is 2.81. The lowest BCUT2D eigenvalue weighted by molar-refractivity contribution is -0.138. The fraction of sp³-hybridized carbons (Fsp3) is 0.500. The second kappa shape index (κ2) is 5.83. The monoisotopic (exact) mass is 286 g/mol. The number of hydrogen-bond donors (Lipinski definition) is 2.